The smallest absolute Gasteiger partial charge is 0.162 e. The Hall–Kier alpha value is -0.540. The van der Waals surface area contributed by atoms with E-state index in [0.717, 1.165) is 11.3 Å². The lowest BCUT2D eigenvalue weighted by molar-refractivity contribution is 0.0333. The average Bonchev–Trinajstić information content (AvgIpc) is 1.98. The number of nitrogens with one attached hydrogen (secondary N) is 1. The van der Waals surface area contributed by atoms with Crippen molar-refractivity contribution in [3.05, 3.63) is 11.3 Å². The molecular formula is C5H9NO2. The number of aliphatic hydroxyl groups is 1. The lowest BCUT2D eigenvalue weighted by Crippen LogP contribution is -2.21. The molecule has 1 unspecified atom stereocenters. The summed E-state index contributed by atoms with van der Waals surface area (Å²) in [5.74, 6) is 0.762. The van der Waals surface area contributed by atoms with Crippen LogP contribution in [0, 0.1) is 0 Å². The quantitative estimate of drug-likeness (QED) is 0.471. The van der Waals surface area contributed by atoms with Crippen LogP contribution < -0.4 is 5.48 Å². The Morgan fingerprint density at radius 1 is 1.62 bits per heavy atom. The van der Waals surface area contributed by atoms with E-state index in [1.807, 2.05) is 6.92 Å². The van der Waals surface area contributed by atoms with Crippen LogP contribution in [0.5, 0.6) is 0 Å². The van der Waals surface area contributed by atoms with E-state index in [9.17, 15) is 0 Å². The second kappa shape index (κ2) is 1.76. The van der Waals surface area contributed by atoms with E-state index < -0.39 is 6.23 Å². The number of hydroxylamine groups is 1. The largest absolute Gasteiger partial charge is 0.411 e. The van der Waals surface area contributed by atoms with Crippen molar-refractivity contribution >= 4 is 0 Å². The molecule has 0 fully saturated rings. The summed E-state index contributed by atoms with van der Waals surface area (Å²) in [4.78, 5) is 4.76. The summed E-state index contributed by atoms with van der Waals surface area (Å²) in [7, 11) is 0. The number of hydrogen-bond acceptors (Lipinski definition) is 3. The molecule has 3 nitrogen and oxygen atoms in total. The van der Waals surface area contributed by atoms with Crippen molar-refractivity contribution in [1.29, 1.82) is 0 Å². The first-order chi connectivity index (χ1) is 3.72. The van der Waals surface area contributed by atoms with Gasteiger partial charge in [0.1, 0.15) is 5.76 Å². The van der Waals surface area contributed by atoms with Crippen molar-refractivity contribution in [2.45, 2.75) is 20.1 Å². The molecule has 0 aromatic rings. The van der Waals surface area contributed by atoms with Crippen LogP contribution in [-0.2, 0) is 4.84 Å². The highest BCUT2D eigenvalue weighted by Crippen LogP contribution is 2.12. The summed E-state index contributed by atoms with van der Waals surface area (Å²) < 4.78 is 0. The molecule has 0 spiro atoms. The van der Waals surface area contributed by atoms with Gasteiger partial charge in [-0.15, -0.1) is 5.48 Å². The van der Waals surface area contributed by atoms with Gasteiger partial charge in [0.25, 0.3) is 0 Å². The minimum atomic E-state index is -0.602. The minimum absolute atomic E-state index is 0.602. The fourth-order valence-corrected chi connectivity index (χ4v) is 0.506. The predicted octanol–water partition coefficient (Wildman–Crippen LogP) is 0.134. The number of rotatable bonds is 0. The maximum atomic E-state index is 8.87. The van der Waals surface area contributed by atoms with Gasteiger partial charge >= 0.3 is 0 Å². The van der Waals surface area contributed by atoms with Crippen LogP contribution in [0.1, 0.15) is 13.8 Å². The fourth-order valence-electron chi connectivity index (χ4n) is 0.506. The maximum absolute atomic E-state index is 8.87. The number of hydrogen-bond donors (Lipinski definition) is 2. The molecule has 0 radical (unpaired) electrons. The van der Waals surface area contributed by atoms with Gasteiger partial charge < -0.3 is 9.94 Å². The van der Waals surface area contributed by atoms with Crippen molar-refractivity contribution in [2.75, 3.05) is 0 Å². The monoisotopic (exact) mass is 115 g/mol. The first-order valence-electron chi connectivity index (χ1n) is 2.49. The molecule has 1 aliphatic heterocycles. The summed E-state index contributed by atoms with van der Waals surface area (Å²) in [5, 5.41) is 8.87. The predicted molar refractivity (Wildman–Crippen MR) is 28.6 cm³/mol. The van der Waals surface area contributed by atoms with Gasteiger partial charge in [-0.05, 0) is 13.8 Å². The third-order valence-corrected chi connectivity index (χ3v) is 1.29. The zero-order valence-electron chi connectivity index (χ0n) is 4.93. The van der Waals surface area contributed by atoms with E-state index >= 15 is 0 Å². The van der Waals surface area contributed by atoms with Gasteiger partial charge in [0, 0.05) is 5.57 Å². The molecule has 1 atom stereocenters. The van der Waals surface area contributed by atoms with Gasteiger partial charge in [-0.3, -0.25) is 0 Å². The van der Waals surface area contributed by atoms with Crippen LogP contribution in [0.4, 0.5) is 0 Å². The third-order valence-electron chi connectivity index (χ3n) is 1.29. The molecule has 2 N–H and O–H groups in total. The first kappa shape index (κ1) is 5.59. The molecule has 1 aliphatic rings. The van der Waals surface area contributed by atoms with Crippen molar-refractivity contribution in [3.63, 3.8) is 0 Å². The van der Waals surface area contributed by atoms with Gasteiger partial charge in [0.05, 0.1) is 0 Å². The Labute approximate surface area is 47.9 Å². The van der Waals surface area contributed by atoms with Crippen LogP contribution in [0.3, 0.4) is 0 Å². The van der Waals surface area contributed by atoms with Crippen LogP contribution in [0.15, 0.2) is 11.3 Å². The molecule has 1 rings (SSSR count). The molecular weight excluding hydrogens is 106 g/mol. The molecule has 0 bridgehead atoms. The van der Waals surface area contributed by atoms with Crippen LogP contribution in [0.2, 0.25) is 0 Å². The van der Waals surface area contributed by atoms with E-state index in [1.54, 1.807) is 6.92 Å². The normalized spacial score (nSPS) is 28.6. The Kier molecular flexibility index (Phi) is 1.23. The molecule has 0 saturated heterocycles. The minimum Gasteiger partial charge on any atom is -0.411 e. The summed E-state index contributed by atoms with van der Waals surface area (Å²) >= 11 is 0. The molecule has 0 saturated carbocycles. The van der Waals surface area contributed by atoms with Crippen molar-refractivity contribution in [3.8, 4) is 0 Å². The van der Waals surface area contributed by atoms with Gasteiger partial charge in [0.2, 0.25) is 0 Å². The third kappa shape index (κ3) is 0.700. The summed E-state index contributed by atoms with van der Waals surface area (Å²) in [6.07, 6.45) is -0.602. The zero-order chi connectivity index (χ0) is 6.15. The van der Waals surface area contributed by atoms with Gasteiger partial charge in [-0.25, -0.2) is 0 Å². The average molecular weight is 115 g/mol. The Morgan fingerprint density at radius 2 is 2.25 bits per heavy atom. The topological polar surface area (TPSA) is 41.5 Å². The Balaban J connectivity index is 2.71. The highest BCUT2D eigenvalue weighted by Gasteiger charge is 2.16. The van der Waals surface area contributed by atoms with E-state index in [0.29, 0.717) is 0 Å². The molecule has 1 heterocycles. The van der Waals surface area contributed by atoms with Gasteiger partial charge in [-0.1, -0.05) is 0 Å². The highest BCUT2D eigenvalue weighted by molar-refractivity contribution is 5.10. The van der Waals surface area contributed by atoms with E-state index in [2.05, 4.69) is 5.48 Å². The maximum Gasteiger partial charge on any atom is 0.162 e. The standard InChI is InChI=1S/C5H9NO2/c1-3-4(2)8-6-5(3)7/h5-7H,1-2H3. The molecule has 0 aromatic heterocycles. The van der Waals surface area contributed by atoms with E-state index in [4.69, 9.17) is 9.94 Å². The van der Waals surface area contributed by atoms with Crippen LogP contribution in [0.25, 0.3) is 0 Å². The number of allylic oxidation sites excluding steroid dienone is 1. The highest BCUT2D eigenvalue weighted by atomic mass is 16.7. The molecule has 0 aromatic carbocycles. The summed E-state index contributed by atoms with van der Waals surface area (Å²) in [5.41, 5.74) is 3.25. The molecule has 46 valence electrons. The molecule has 3 heteroatoms. The van der Waals surface area contributed by atoms with Gasteiger partial charge in [0.15, 0.2) is 6.23 Å². The Bertz CT molecular complexity index is 130. The second-order valence-corrected chi connectivity index (χ2v) is 1.86. The summed E-state index contributed by atoms with van der Waals surface area (Å²) in [6.45, 7) is 3.62. The van der Waals surface area contributed by atoms with Crippen molar-refractivity contribution in [2.24, 2.45) is 0 Å². The van der Waals surface area contributed by atoms with E-state index in [-0.39, 0.29) is 0 Å². The molecule has 8 heavy (non-hydrogen) atoms. The zero-order valence-corrected chi connectivity index (χ0v) is 4.93. The van der Waals surface area contributed by atoms with Gasteiger partial charge in [-0.2, -0.15) is 0 Å². The fraction of sp³-hybridized carbons (Fsp3) is 0.600. The first-order valence-corrected chi connectivity index (χ1v) is 2.49. The van der Waals surface area contributed by atoms with E-state index in [1.165, 1.54) is 0 Å². The number of aliphatic hydroxyl groups excluding tert-OH is 1. The van der Waals surface area contributed by atoms with Crippen LogP contribution >= 0.6 is 0 Å². The lowest BCUT2D eigenvalue weighted by atomic mass is 10.2. The van der Waals surface area contributed by atoms with Crippen LogP contribution in [-0.4, -0.2) is 11.3 Å². The Morgan fingerprint density at radius 3 is 2.38 bits per heavy atom. The lowest BCUT2D eigenvalue weighted by Gasteiger charge is -1.97. The van der Waals surface area contributed by atoms with Crippen molar-refractivity contribution in [1.82, 2.24) is 5.48 Å². The molecule has 0 amide bonds. The summed E-state index contributed by atoms with van der Waals surface area (Å²) in [6, 6.07) is 0. The second-order valence-electron chi connectivity index (χ2n) is 1.86. The van der Waals surface area contributed by atoms with Crippen molar-refractivity contribution < 1.29 is 9.94 Å². The SMILES string of the molecule is CC1=C(C)C(O)NO1. The molecule has 0 aliphatic carbocycles.